The first-order valence-corrected chi connectivity index (χ1v) is 8.51. The van der Waals surface area contributed by atoms with Gasteiger partial charge in [0.2, 0.25) is 0 Å². The van der Waals surface area contributed by atoms with Crippen LogP contribution >= 0.6 is 0 Å². The van der Waals surface area contributed by atoms with Crippen molar-refractivity contribution >= 4 is 5.97 Å². The van der Waals surface area contributed by atoms with Crippen molar-refractivity contribution in [3.05, 3.63) is 11.6 Å². The molecule has 2 rings (SSSR count). The van der Waals surface area contributed by atoms with Gasteiger partial charge in [-0.2, -0.15) is 0 Å². The summed E-state index contributed by atoms with van der Waals surface area (Å²) < 4.78 is 16.8. The van der Waals surface area contributed by atoms with E-state index in [9.17, 15) is 4.79 Å². The van der Waals surface area contributed by atoms with Gasteiger partial charge in [-0.05, 0) is 37.0 Å². The van der Waals surface area contributed by atoms with Crippen molar-refractivity contribution in [2.75, 3.05) is 20.3 Å². The number of carbonyl (C=O) groups excluding carboxylic acids is 1. The van der Waals surface area contributed by atoms with Crippen LogP contribution < -0.4 is 0 Å². The predicted molar refractivity (Wildman–Crippen MR) is 85.3 cm³/mol. The lowest BCUT2D eigenvalue weighted by Crippen LogP contribution is -2.36. The zero-order chi connectivity index (χ0) is 16.2. The van der Waals surface area contributed by atoms with E-state index in [2.05, 4.69) is 26.8 Å². The van der Waals surface area contributed by atoms with Crippen molar-refractivity contribution in [1.29, 1.82) is 0 Å². The van der Waals surface area contributed by atoms with Gasteiger partial charge in [-0.25, -0.2) is 4.79 Å². The van der Waals surface area contributed by atoms with Crippen LogP contribution in [0.5, 0.6) is 0 Å². The molecule has 0 unspecified atom stereocenters. The number of esters is 1. The van der Waals surface area contributed by atoms with E-state index in [-0.39, 0.29) is 11.8 Å². The fraction of sp³-hybridized carbons (Fsp3) is 0.833. The highest BCUT2D eigenvalue weighted by molar-refractivity contribution is 5.88. The summed E-state index contributed by atoms with van der Waals surface area (Å²) in [6.45, 7) is 8.12. The average molecular weight is 310 g/mol. The number of carbonyl (C=O) groups is 1. The molecule has 0 aromatic carbocycles. The highest BCUT2D eigenvalue weighted by Gasteiger charge is 2.40. The lowest BCUT2D eigenvalue weighted by atomic mass is 9.77. The molecule has 4 nitrogen and oxygen atoms in total. The van der Waals surface area contributed by atoms with E-state index >= 15 is 0 Å². The summed E-state index contributed by atoms with van der Waals surface area (Å²) in [6, 6.07) is 0. The third kappa shape index (κ3) is 4.32. The maximum Gasteiger partial charge on any atom is 0.333 e. The molecule has 1 aliphatic carbocycles. The molecule has 1 fully saturated rings. The van der Waals surface area contributed by atoms with E-state index in [1.54, 1.807) is 0 Å². The van der Waals surface area contributed by atoms with E-state index in [4.69, 9.17) is 14.2 Å². The molecule has 0 aromatic rings. The summed E-state index contributed by atoms with van der Waals surface area (Å²) in [4.78, 5) is 11.6. The fourth-order valence-corrected chi connectivity index (χ4v) is 3.78. The minimum absolute atomic E-state index is 0.176. The molecule has 22 heavy (non-hydrogen) atoms. The van der Waals surface area contributed by atoms with Crippen LogP contribution in [0.25, 0.3) is 0 Å². The van der Waals surface area contributed by atoms with Crippen LogP contribution in [0.15, 0.2) is 11.6 Å². The second-order valence-electron chi connectivity index (χ2n) is 7.14. The van der Waals surface area contributed by atoms with Gasteiger partial charge < -0.3 is 14.2 Å². The Balaban J connectivity index is 1.93. The average Bonchev–Trinajstić information content (AvgIpc) is 2.93. The van der Waals surface area contributed by atoms with Crippen molar-refractivity contribution in [2.24, 2.45) is 17.8 Å². The summed E-state index contributed by atoms with van der Waals surface area (Å²) >= 11 is 0. The molecule has 0 spiro atoms. The maximum absolute atomic E-state index is 11.6. The molecule has 0 aromatic heterocycles. The zero-order valence-corrected chi connectivity index (χ0v) is 14.4. The maximum atomic E-state index is 11.6. The van der Waals surface area contributed by atoms with E-state index in [0.717, 1.165) is 37.7 Å². The highest BCUT2D eigenvalue weighted by Crippen LogP contribution is 2.39. The number of allylic oxidation sites excluding steroid dienone is 1. The van der Waals surface area contributed by atoms with Gasteiger partial charge in [0, 0.05) is 18.4 Å². The molecule has 1 saturated heterocycles. The third-order valence-corrected chi connectivity index (χ3v) is 4.87. The predicted octanol–water partition coefficient (Wildman–Crippen LogP) is 3.70. The van der Waals surface area contributed by atoms with Crippen molar-refractivity contribution in [3.8, 4) is 0 Å². The SMILES string of the molecule is COC(=O)C1=CC[C@H]([C@@H](C)CC2(CC(C)C)OCCO2)CC1. The van der Waals surface area contributed by atoms with E-state index in [0.29, 0.717) is 31.0 Å². The van der Waals surface area contributed by atoms with Crippen molar-refractivity contribution < 1.29 is 19.0 Å². The van der Waals surface area contributed by atoms with E-state index in [1.807, 2.05) is 0 Å². The first-order valence-electron chi connectivity index (χ1n) is 8.51. The Morgan fingerprint density at radius 2 is 2.00 bits per heavy atom. The van der Waals surface area contributed by atoms with Crippen LogP contribution in [0.3, 0.4) is 0 Å². The highest BCUT2D eigenvalue weighted by atomic mass is 16.7. The molecule has 2 atom stereocenters. The third-order valence-electron chi connectivity index (χ3n) is 4.87. The quantitative estimate of drug-likeness (QED) is 0.702. The molecule has 4 heteroatoms. The Hall–Kier alpha value is -0.870. The first kappa shape index (κ1) is 17.5. The monoisotopic (exact) mass is 310 g/mol. The normalized spacial score (nSPS) is 25.9. The van der Waals surface area contributed by atoms with Crippen LogP contribution in [0, 0.1) is 17.8 Å². The molecule has 0 bridgehead atoms. The zero-order valence-electron chi connectivity index (χ0n) is 14.4. The Morgan fingerprint density at radius 3 is 2.50 bits per heavy atom. The second kappa shape index (κ2) is 7.60. The molecule has 1 aliphatic heterocycles. The van der Waals surface area contributed by atoms with Crippen molar-refractivity contribution in [1.82, 2.24) is 0 Å². The summed E-state index contributed by atoms with van der Waals surface area (Å²) in [5.74, 6) is 1.10. The summed E-state index contributed by atoms with van der Waals surface area (Å²) in [5.41, 5.74) is 0.830. The van der Waals surface area contributed by atoms with E-state index < -0.39 is 0 Å². The minimum Gasteiger partial charge on any atom is -0.466 e. The van der Waals surface area contributed by atoms with Crippen LogP contribution in [-0.2, 0) is 19.0 Å². The van der Waals surface area contributed by atoms with Gasteiger partial charge in [-0.3, -0.25) is 0 Å². The number of hydrogen-bond acceptors (Lipinski definition) is 4. The Kier molecular flexibility index (Phi) is 6.04. The summed E-state index contributed by atoms with van der Waals surface area (Å²) in [6.07, 6.45) is 6.76. The van der Waals surface area contributed by atoms with Gasteiger partial charge in [0.05, 0.1) is 20.3 Å². The Labute approximate surface area is 134 Å². The molecular weight excluding hydrogens is 280 g/mol. The molecule has 2 aliphatic rings. The fourth-order valence-electron chi connectivity index (χ4n) is 3.78. The van der Waals surface area contributed by atoms with Crippen molar-refractivity contribution in [2.45, 2.75) is 58.7 Å². The molecule has 0 radical (unpaired) electrons. The number of methoxy groups -OCH3 is 1. The number of ether oxygens (including phenoxy) is 3. The largest absolute Gasteiger partial charge is 0.466 e. The van der Waals surface area contributed by atoms with Gasteiger partial charge in [-0.1, -0.05) is 26.8 Å². The molecular formula is C18H30O4. The van der Waals surface area contributed by atoms with Crippen LogP contribution in [0.2, 0.25) is 0 Å². The van der Waals surface area contributed by atoms with Gasteiger partial charge >= 0.3 is 5.97 Å². The van der Waals surface area contributed by atoms with Crippen molar-refractivity contribution in [3.63, 3.8) is 0 Å². The standard InChI is InChI=1S/C18H30O4/c1-13(2)11-18(21-9-10-22-18)12-14(3)15-5-7-16(8-6-15)17(19)20-4/h7,13-15H,5-6,8-12H2,1-4H3/t14-,15-/m0/s1. The second-order valence-corrected chi connectivity index (χ2v) is 7.14. The van der Waals surface area contributed by atoms with Crippen LogP contribution in [-0.4, -0.2) is 32.1 Å². The van der Waals surface area contributed by atoms with Gasteiger partial charge in [0.25, 0.3) is 0 Å². The van der Waals surface area contributed by atoms with Gasteiger partial charge in [0.1, 0.15) is 0 Å². The van der Waals surface area contributed by atoms with Crippen LogP contribution in [0.1, 0.15) is 52.9 Å². The summed E-state index contributed by atoms with van der Waals surface area (Å²) in [5, 5.41) is 0. The van der Waals surface area contributed by atoms with Gasteiger partial charge in [-0.15, -0.1) is 0 Å². The minimum atomic E-state index is -0.389. The Morgan fingerprint density at radius 1 is 1.32 bits per heavy atom. The molecule has 0 saturated carbocycles. The molecule has 0 amide bonds. The number of hydrogen-bond donors (Lipinski definition) is 0. The molecule has 126 valence electrons. The smallest absolute Gasteiger partial charge is 0.333 e. The summed E-state index contributed by atoms with van der Waals surface area (Å²) in [7, 11) is 1.45. The topological polar surface area (TPSA) is 44.8 Å². The Bertz CT molecular complexity index is 407. The first-order chi connectivity index (χ1) is 10.5. The lowest BCUT2D eigenvalue weighted by molar-refractivity contribution is -0.182. The molecule has 1 heterocycles. The number of rotatable bonds is 6. The lowest BCUT2D eigenvalue weighted by Gasteiger charge is -2.35. The van der Waals surface area contributed by atoms with Crippen LogP contribution in [0.4, 0.5) is 0 Å². The molecule has 0 N–H and O–H groups in total. The van der Waals surface area contributed by atoms with Gasteiger partial charge in [0.15, 0.2) is 5.79 Å². The van der Waals surface area contributed by atoms with E-state index in [1.165, 1.54) is 7.11 Å².